The summed E-state index contributed by atoms with van der Waals surface area (Å²) in [6, 6.07) is 5.62. The number of rotatable bonds is 9. The summed E-state index contributed by atoms with van der Waals surface area (Å²) in [6.07, 6.45) is 1.71. The van der Waals surface area contributed by atoms with Gasteiger partial charge in [0.15, 0.2) is 6.61 Å². The number of carboxylic acids is 1. The number of halogens is 1. The SMILES string of the molecule is NCCCC[C@H](NC(=O)COc1ccc(Cl)cc1)C(=O)O. The third-order valence-electron chi connectivity index (χ3n) is 2.76. The lowest BCUT2D eigenvalue weighted by atomic mass is 10.1. The number of unbranched alkanes of at least 4 members (excludes halogenated alkanes) is 1. The number of nitrogens with one attached hydrogen (secondary N) is 1. The van der Waals surface area contributed by atoms with Gasteiger partial charge in [-0.25, -0.2) is 4.79 Å². The zero-order valence-electron chi connectivity index (χ0n) is 11.5. The van der Waals surface area contributed by atoms with Crippen LogP contribution in [-0.2, 0) is 9.59 Å². The van der Waals surface area contributed by atoms with E-state index in [0.29, 0.717) is 30.2 Å². The molecule has 0 radical (unpaired) electrons. The van der Waals surface area contributed by atoms with Crippen LogP contribution in [0.3, 0.4) is 0 Å². The summed E-state index contributed by atoms with van der Waals surface area (Å²) in [7, 11) is 0. The summed E-state index contributed by atoms with van der Waals surface area (Å²) >= 11 is 5.73. The van der Waals surface area contributed by atoms with Crippen molar-refractivity contribution in [1.82, 2.24) is 5.32 Å². The molecule has 0 unspecified atom stereocenters. The third-order valence-corrected chi connectivity index (χ3v) is 3.02. The molecule has 116 valence electrons. The quantitative estimate of drug-likeness (QED) is 0.598. The molecule has 7 heteroatoms. The van der Waals surface area contributed by atoms with Crippen molar-refractivity contribution in [3.8, 4) is 5.75 Å². The molecule has 4 N–H and O–H groups in total. The van der Waals surface area contributed by atoms with E-state index in [1.54, 1.807) is 24.3 Å². The van der Waals surface area contributed by atoms with Crippen molar-refractivity contribution in [1.29, 1.82) is 0 Å². The zero-order chi connectivity index (χ0) is 15.7. The first-order valence-electron chi connectivity index (χ1n) is 6.63. The lowest BCUT2D eigenvalue weighted by Crippen LogP contribution is -2.42. The number of carboxylic acid groups (broad SMARTS) is 1. The molecular weight excluding hydrogens is 296 g/mol. The molecule has 1 atom stereocenters. The number of aliphatic carboxylic acids is 1. The molecule has 0 heterocycles. The van der Waals surface area contributed by atoms with E-state index in [9.17, 15) is 9.59 Å². The van der Waals surface area contributed by atoms with Gasteiger partial charge in [-0.1, -0.05) is 11.6 Å². The Kier molecular flexibility index (Phi) is 7.56. The van der Waals surface area contributed by atoms with E-state index in [1.807, 2.05) is 0 Å². The molecular formula is C14H19ClN2O4. The normalized spacial score (nSPS) is 11.7. The number of hydrogen-bond donors (Lipinski definition) is 3. The highest BCUT2D eigenvalue weighted by molar-refractivity contribution is 6.30. The first kappa shape index (κ1) is 17.3. The Morgan fingerprint density at radius 1 is 1.29 bits per heavy atom. The van der Waals surface area contributed by atoms with Gasteiger partial charge in [-0.05, 0) is 50.1 Å². The Hall–Kier alpha value is -1.79. The Morgan fingerprint density at radius 3 is 2.52 bits per heavy atom. The van der Waals surface area contributed by atoms with E-state index in [2.05, 4.69) is 5.32 Å². The predicted octanol–water partition coefficient (Wildman–Crippen LogP) is 1.42. The molecule has 1 amide bonds. The number of amides is 1. The van der Waals surface area contributed by atoms with E-state index < -0.39 is 17.9 Å². The molecule has 6 nitrogen and oxygen atoms in total. The molecule has 0 saturated carbocycles. The molecule has 0 spiro atoms. The van der Waals surface area contributed by atoms with Crippen molar-refractivity contribution in [2.75, 3.05) is 13.2 Å². The van der Waals surface area contributed by atoms with Crippen LogP contribution in [0, 0.1) is 0 Å². The Bertz CT molecular complexity index is 465. The number of benzene rings is 1. The van der Waals surface area contributed by atoms with Crippen LogP contribution in [0.2, 0.25) is 5.02 Å². The van der Waals surface area contributed by atoms with Crippen LogP contribution in [0.15, 0.2) is 24.3 Å². The number of nitrogens with two attached hydrogens (primary N) is 1. The fourth-order valence-corrected chi connectivity index (χ4v) is 1.79. The van der Waals surface area contributed by atoms with Crippen LogP contribution in [-0.4, -0.2) is 36.2 Å². The lowest BCUT2D eigenvalue weighted by Gasteiger charge is -2.14. The van der Waals surface area contributed by atoms with Crippen molar-refractivity contribution >= 4 is 23.5 Å². The van der Waals surface area contributed by atoms with Crippen LogP contribution in [0.5, 0.6) is 5.75 Å². The Morgan fingerprint density at radius 2 is 1.95 bits per heavy atom. The van der Waals surface area contributed by atoms with Gasteiger partial charge < -0.3 is 20.9 Å². The number of hydrogen-bond acceptors (Lipinski definition) is 4. The summed E-state index contributed by atoms with van der Waals surface area (Å²) < 4.78 is 5.25. The first-order valence-corrected chi connectivity index (χ1v) is 7.01. The maximum Gasteiger partial charge on any atom is 0.326 e. The molecule has 0 aromatic heterocycles. The van der Waals surface area contributed by atoms with Crippen LogP contribution in [0.25, 0.3) is 0 Å². The van der Waals surface area contributed by atoms with Crippen LogP contribution in [0.4, 0.5) is 0 Å². The lowest BCUT2D eigenvalue weighted by molar-refractivity contribution is -0.142. The molecule has 0 aliphatic carbocycles. The molecule has 1 rings (SSSR count). The van der Waals surface area contributed by atoms with Gasteiger partial charge in [-0.2, -0.15) is 0 Å². The van der Waals surface area contributed by atoms with E-state index in [0.717, 1.165) is 6.42 Å². The average molecular weight is 315 g/mol. The molecule has 0 saturated heterocycles. The second-order valence-corrected chi connectivity index (χ2v) is 4.92. The van der Waals surface area contributed by atoms with Crippen molar-refractivity contribution in [3.63, 3.8) is 0 Å². The van der Waals surface area contributed by atoms with Crippen LogP contribution < -0.4 is 15.8 Å². The van der Waals surface area contributed by atoms with E-state index in [4.69, 9.17) is 27.2 Å². The molecule has 21 heavy (non-hydrogen) atoms. The number of carbonyl (C=O) groups is 2. The fraction of sp³-hybridized carbons (Fsp3) is 0.429. The third kappa shape index (κ3) is 6.97. The smallest absolute Gasteiger partial charge is 0.326 e. The van der Waals surface area contributed by atoms with Crippen LogP contribution >= 0.6 is 11.6 Å². The van der Waals surface area contributed by atoms with Gasteiger partial charge in [0.1, 0.15) is 11.8 Å². The Balaban J connectivity index is 2.39. The van der Waals surface area contributed by atoms with Gasteiger partial charge in [0.05, 0.1) is 0 Å². The van der Waals surface area contributed by atoms with Crippen molar-refractivity contribution in [3.05, 3.63) is 29.3 Å². The summed E-state index contributed by atoms with van der Waals surface area (Å²) in [5.74, 6) is -1.05. The second-order valence-electron chi connectivity index (χ2n) is 4.49. The highest BCUT2D eigenvalue weighted by Crippen LogP contribution is 2.15. The van der Waals surface area contributed by atoms with Crippen molar-refractivity contribution in [2.24, 2.45) is 5.73 Å². The minimum Gasteiger partial charge on any atom is -0.484 e. The molecule has 0 aliphatic heterocycles. The van der Waals surface area contributed by atoms with Gasteiger partial charge in [0.2, 0.25) is 0 Å². The number of ether oxygens (including phenoxy) is 1. The fourth-order valence-electron chi connectivity index (χ4n) is 1.67. The molecule has 1 aromatic carbocycles. The largest absolute Gasteiger partial charge is 0.484 e. The number of carbonyl (C=O) groups excluding carboxylic acids is 1. The van der Waals surface area contributed by atoms with E-state index in [-0.39, 0.29) is 6.61 Å². The Labute approximate surface area is 128 Å². The molecule has 0 bridgehead atoms. The monoisotopic (exact) mass is 314 g/mol. The van der Waals surface area contributed by atoms with Crippen molar-refractivity contribution in [2.45, 2.75) is 25.3 Å². The standard InChI is InChI=1S/C14H19ClN2O4/c15-10-4-6-11(7-5-10)21-9-13(18)17-12(14(19)20)3-1-2-8-16/h4-7,12H,1-3,8-9,16H2,(H,17,18)(H,19,20)/t12-/m0/s1. The van der Waals surface area contributed by atoms with E-state index >= 15 is 0 Å². The zero-order valence-corrected chi connectivity index (χ0v) is 12.3. The van der Waals surface area contributed by atoms with Crippen LogP contribution in [0.1, 0.15) is 19.3 Å². The maximum absolute atomic E-state index is 11.7. The minimum atomic E-state index is -1.06. The first-order chi connectivity index (χ1) is 10.0. The second kappa shape index (κ2) is 9.20. The summed E-state index contributed by atoms with van der Waals surface area (Å²) in [6.45, 7) is 0.252. The molecule has 0 aliphatic rings. The highest BCUT2D eigenvalue weighted by atomic mass is 35.5. The van der Waals surface area contributed by atoms with Gasteiger partial charge in [-0.15, -0.1) is 0 Å². The maximum atomic E-state index is 11.7. The average Bonchev–Trinajstić information content (AvgIpc) is 2.45. The predicted molar refractivity (Wildman–Crippen MR) is 79.4 cm³/mol. The summed E-state index contributed by atoms with van der Waals surface area (Å²) in [4.78, 5) is 22.7. The molecule has 1 aromatic rings. The van der Waals surface area contributed by atoms with Gasteiger partial charge in [0, 0.05) is 5.02 Å². The van der Waals surface area contributed by atoms with Gasteiger partial charge >= 0.3 is 5.97 Å². The van der Waals surface area contributed by atoms with Gasteiger partial charge in [0.25, 0.3) is 5.91 Å². The molecule has 0 fully saturated rings. The highest BCUT2D eigenvalue weighted by Gasteiger charge is 2.19. The summed E-state index contributed by atoms with van der Waals surface area (Å²) in [5, 5.41) is 12.0. The van der Waals surface area contributed by atoms with E-state index in [1.165, 1.54) is 0 Å². The minimum absolute atomic E-state index is 0.248. The topological polar surface area (TPSA) is 102 Å². The summed E-state index contributed by atoms with van der Waals surface area (Å²) in [5.41, 5.74) is 5.35. The van der Waals surface area contributed by atoms with Crippen molar-refractivity contribution < 1.29 is 19.4 Å². The van der Waals surface area contributed by atoms with Gasteiger partial charge in [-0.3, -0.25) is 4.79 Å².